The zero-order valence-corrected chi connectivity index (χ0v) is 16.3. The predicted molar refractivity (Wildman–Crippen MR) is 99.2 cm³/mol. The largest absolute Gasteiger partial charge is 0.300 e. The van der Waals surface area contributed by atoms with Gasteiger partial charge < -0.3 is 0 Å². The molecule has 0 radical (unpaired) electrons. The highest BCUT2D eigenvalue weighted by atomic mass is 16.1. The molecule has 0 heterocycles. The van der Waals surface area contributed by atoms with E-state index >= 15 is 0 Å². The van der Waals surface area contributed by atoms with Gasteiger partial charge in [0.15, 0.2) is 0 Å². The molecule has 0 fully saturated rings. The molecule has 0 rings (SSSR count). The lowest BCUT2D eigenvalue weighted by molar-refractivity contribution is -0.120. The summed E-state index contributed by atoms with van der Waals surface area (Å²) in [4.78, 5) is 12.3. The van der Waals surface area contributed by atoms with E-state index in [4.69, 9.17) is 0 Å². The van der Waals surface area contributed by atoms with Crippen LogP contribution in [0.5, 0.6) is 0 Å². The molecule has 4 atom stereocenters. The first-order valence-electron chi connectivity index (χ1n) is 9.90. The van der Waals surface area contributed by atoms with Gasteiger partial charge in [0.25, 0.3) is 0 Å². The molecule has 4 unspecified atom stereocenters. The molecule has 0 aliphatic heterocycles. The van der Waals surface area contributed by atoms with Crippen molar-refractivity contribution >= 4 is 5.78 Å². The van der Waals surface area contributed by atoms with Crippen molar-refractivity contribution < 1.29 is 4.79 Å². The van der Waals surface area contributed by atoms with E-state index in [0.29, 0.717) is 17.6 Å². The summed E-state index contributed by atoms with van der Waals surface area (Å²) in [5.74, 6) is 3.15. The molecule has 22 heavy (non-hydrogen) atoms. The Morgan fingerprint density at radius 1 is 0.682 bits per heavy atom. The Labute approximate surface area is 140 Å². The Bertz CT molecular complexity index is 245. The van der Waals surface area contributed by atoms with E-state index in [9.17, 15) is 4.79 Å². The van der Waals surface area contributed by atoms with E-state index in [1.54, 1.807) is 0 Å². The molecule has 0 saturated heterocycles. The number of rotatable bonds is 14. The molecule has 0 saturated carbocycles. The summed E-state index contributed by atoms with van der Waals surface area (Å²) in [6, 6.07) is 0. The van der Waals surface area contributed by atoms with Gasteiger partial charge in [0, 0.05) is 12.8 Å². The van der Waals surface area contributed by atoms with Gasteiger partial charge in [-0.1, -0.05) is 80.1 Å². The van der Waals surface area contributed by atoms with Crippen LogP contribution in [0.3, 0.4) is 0 Å². The minimum absolute atomic E-state index is 0.491. The second-order valence-electron chi connectivity index (χ2n) is 8.12. The topological polar surface area (TPSA) is 17.1 Å². The summed E-state index contributed by atoms with van der Waals surface area (Å²) in [6.07, 6.45) is 11.9. The van der Waals surface area contributed by atoms with Crippen molar-refractivity contribution in [3.8, 4) is 0 Å². The van der Waals surface area contributed by atoms with Crippen molar-refractivity contribution in [3.05, 3.63) is 0 Å². The molecule has 0 aliphatic carbocycles. The van der Waals surface area contributed by atoms with Crippen LogP contribution >= 0.6 is 0 Å². The minimum atomic E-state index is 0.491. The predicted octanol–water partition coefficient (Wildman–Crippen LogP) is 7.04. The fourth-order valence-electron chi connectivity index (χ4n) is 3.74. The van der Waals surface area contributed by atoms with Crippen molar-refractivity contribution in [2.75, 3.05) is 0 Å². The third kappa shape index (κ3) is 12.2. The number of unbranched alkanes of at least 4 members (excludes halogenated alkanes) is 2. The van der Waals surface area contributed by atoms with Crippen LogP contribution in [-0.4, -0.2) is 5.78 Å². The molecule has 0 N–H and O–H groups in total. The summed E-state index contributed by atoms with van der Waals surface area (Å²) in [6.45, 7) is 13.7. The second kappa shape index (κ2) is 13.1. The Hall–Kier alpha value is -0.330. The molecule has 132 valence electrons. The van der Waals surface area contributed by atoms with E-state index in [0.717, 1.165) is 24.7 Å². The number of hydrogen-bond donors (Lipinski definition) is 0. The van der Waals surface area contributed by atoms with E-state index < -0.39 is 0 Å². The van der Waals surface area contributed by atoms with Crippen LogP contribution in [0, 0.1) is 23.7 Å². The SMILES string of the molecule is CCCCC(C)CC(C)CC(=O)CC(C)CC(C)CCCC. The third-order valence-corrected chi connectivity index (χ3v) is 4.86. The number of ketones is 1. The normalized spacial score (nSPS) is 17.0. The molecule has 1 nitrogen and oxygen atoms in total. The first kappa shape index (κ1) is 21.7. The summed E-state index contributed by atoms with van der Waals surface area (Å²) >= 11 is 0. The van der Waals surface area contributed by atoms with Gasteiger partial charge in [-0.25, -0.2) is 0 Å². The fourth-order valence-corrected chi connectivity index (χ4v) is 3.74. The van der Waals surface area contributed by atoms with Crippen LogP contribution < -0.4 is 0 Å². The van der Waals surface area contributed by atoms with Gasteiger partial charge in [0.2, 0.25) is 0 Å². The maximum atomic E-state index is 12.3. The van der Waals surface area contributed by atoms with Gasteiger partial charge >= 0.3 is 0 Å². The number of carbonyl (C=O) groups is 1. The zero-order chi connectivity index (χ0) is 17.0. The second-order valence-corrected chi connectivity index (χ2v) is 8.12. The van der Waals surface area contributed by atoms with Crippen LogP contribution in [0.15, 0.2) is 0 Å². The molecule has 0 amide bonds. The molecule has 0 aromatic carbocycles. The number of hydrogen-bond acceptors (Lipinski definition) is 1. The van der Waals surface area contributed by atoms with Crippen LogP contribution in [0.25, 0.3) is 0 Å². The van der Waals surface area contributed by atoms with Crippen LogP contribution in [-0.2, 0) is 4.79 Å². The quantitative estimate of drug-likeness (QED) is 0.336. The van der Waals surface area contributed by atoms with Gasteiger partial charge in [0.1, 0.15) is 5.78 Å². The van der Waals surface area contributed by atoms with E-state index in [1.807, 2.05) is 0 Å². The van der Waals surface area contributed by atoms with Crippen molar-refractivity contribution in [2.45, 2.75) is 106 Å². The average Bonchev–Trinajstić information content (AvgIpc) is 2.42. The molecule has 1 heteroatoms. The molecule has 0 aromatic rings. The molecular formula is C21H42O. The monoisotopic (exact) mass is 310 g/mol. The standard InChI is InChI=1S/C21H42O/c1-7-9-11-17(3)13-19(5)15-21(22)16-20(6)14-18(4)12-10-8-2/h17-20H,7-16H2,1-6H3. The summed E-state index contributed by atoms with van der Waals surface area (Å²) in [5, 5.41) is 0. The minimum Gasteiger partial charge on any atom is -0.300 e. The van der Waals surface area contributed by atoms with Crippen LogP contribution in [0.4, 0.5) is 0 Å². The van der Waals surface area contributed by atoms with E-state index in [-0.39, 0.29) is 0 Å². The summed E-state index contributed by atoms with van der Waals surface area (Å²) in [7, 11) is 0. The maximum absolute atomic E-state index is 12.3. The average molecular weight is 311 g/mol. The maximum Gasteiger partial charge on any atom is 0.133 e. The first-order chi connectivity index (χ1) is 10.4. The summed E-state index contributed by atoms with van der Waals surface area (Å²) < 4.78 is 0. The van der Waals surface area contributed by atoms with E-state index in [1.165, 1.54) is 51.4 Å². The molecule has 0 bridgehead atoms. The van der Waals surface area contributed by atoms with Gasteiger partial charge in [-0.2, -0.15) is 0 Å². The highest BCUT2D eigenvalue weighted by molar-refractivity contribution is 5.78. The number of carbonyl (C=O) groups excluding carboxylic acids is 1. The Morgan fingerprint density at radius 2 is 1.05 bits per heavy atom. The Kier molecular flexibility index (Phi) is 12.9. The van der Waals surface area contributed by atoms with Gasteiger partial charge in [-0.15, -0.1) is 0 Å². The highest BCUT2D eigenvalue weighted by Gasteiger charge is 2.16. The zero-order valence-electron chi connectivity index (χ0n) is 16.3. The number of Topliss-reactive ketones (excluding diaryl/α,β-unsaturated/α-hetero) is 1. The Morgan fingerprint density at radius 3 is 1.36 bits per heavy atom. The fraction of sp³-hybridized carbons (Fsp3) is 0.952. The molecule has 0 aromatic heterocycles. The van der Waals surface area contributed by atoms with Crippen molar-refractivity contribution in [1.82, 2.24) is 0 Å². The van der Waals surface area contributed by atoms with Crippen molar-refractivity contribution in [1.29, 1.82) is 0 Å². The molecule has 0 aliphatic rings. The van der Waals surface area contributed by atoms with E-state index in [2.05, 4.69) is 41.5 Å². The lowest BCUT2D eigenvalue weighted by Crippen LogP contribution is -2.13. The third-order valence-electron chi connectivity index (χ3n) is 4.86. The van der Waals surface area contributed by atoms with Gasteiger partial charge in [-0.3, -0.25) is 4.79 Å². The molecule has 0 spiro atoms. The highest BCUT2D eigenvalue weighted by Crippen LogP contribution is 2.24. The van der Waals surface area contributed by atoms with Gasteiger partial charge in [-0.05, 0) is 36.5 Å². The van der Waals surface area contributed by atoms with Gasteiger partial charge in [0.05, 0.1) is 0 Å². The lowest BCUT2D eigenvalue weighted by atomic mass is 9.86. The molecular weight excluding hydrogens is 268 g/mol. The summed E-state index contributed by atoms with van der Waals surface area (Å²) in [5.41, 5.74) is 0. The van der Waals surface area contributed by atoms with Crippen LogP contribution in [0.1, 0.15) is 106 Å². The Balaban J connectivity index is 3.90. The van der Waals surface area contributed by atoms with Crippen molar-refractivity contribution in [3.63, 3.8) is 0 Å². The van der Waals surface area contributed by atoms with Crippen LogP contribution in [0.2, 0.25) is 0 Å². The lowest BCUT2D eigenvalue weighted by Gasteiger charge is -2.19. The van der Waals surface area contributed by atoms with Crippen molar-refractivity contribution in [2.24, 2.45) is 23.7 Å². The smallest absolute Gasteiger partial charge is 0.133 e. The first-order valence-corrected chi connectivity index (χ1v) is 9.90.